The van der Waals surface area contributed by atoms with Crippen molar-refractivity contribution in [2.75, 3.05) is 16.6 Å². The third-order valence-electron chi connectivity index (χ3n) is 4.59. The van der Waals surface area contributed by atoms with Crippen LogP contribution in [0.5, 0.6) is 5.75 Å². The molecule has 0 unspecified atom stereocenters. The number of nitrogens with one attached hydrogen (secondary N) is 2. The van der Waals surface area contributed by atoms with Crippen molar-refractivity contribution in [2.45, 2.75) is 24.9 Å². The van der Waals surface area contributed by atoms with Crippen LogP contribution in [0.15, 0.2) is 71.6 Å². The lowest BCUT2D eigenvalue weighted by atomic mass is 10.2. The molecule has 0 radical (unpaired) electrons. The van der Waals surface area contributed by atoms with Gasteiger partial charge in [-0.15, -0.1) is 0 Å². The molecule has 174 valence electrons. The number of rotatable bonds is 7. The Bertz CT molecular complexity index is 1260. The van der Waals surface area contributed by atoms with Crippen LogP contribution in [0.4, 0.5) is 24.5 Å². The summed E-state index contributed by atoms with van der Waals surface area (Å²) in [4.78, 5) is 12.5. The number of aryl methyl sites for hydroxylation is 2. The number of alkyl halides is 3. The van der Waals surface area contributed by atoms with Crippen LogP contribution in [0.25, 0.3) is 0 Å². The summed E-state index contributed by atoms with van der Waals surface area (Å²) in [5.41, 5.74) is 2.02. The van der Waals surface area contributed by atoms with Gasteiger partial charge in [0.2, 0.25) is 0 Å². The topological polar surface area (TPSA) is 84.5 Å². The lowest BCUT2D eigenvalue weighted by Crippen LogP contribution is -2.20. The second-order valence-electron chi connectivity index (χ2n) is 7.30. The Balaban J connectivity index is 1.75. The number of hydrogen-bond donors (Lipinski definition) is 2. The maximum Gasteiger partial charge on any atom is 0.422 e. The summed E-state index contributed by atoms with van der Waals surface area (Å²) in [6.07, 6.45) is -4.53. The smallest absolute Gasteiger partial charge is 0.422 e. The zero-order valence-electron chi connectivity index (χ0n) is 17.7. The number of sulfonamides is 1. The van der Waals surface area contributed by atoms with Crippen LogP contribution in [-0.2, 0) is 10.0 Å². The number of hydrogen-bond acceptors (Lipinski definition) is 4. The van der Waals surface area contributed by atoms with Crippen molar-refractivity contribution in [3.63, 3.8) is 0 Å². The molecule has 0 saturated carbocycles. The molecule has 0 fully saturated rings. The number of carbonyl (C=O) groups is 1. The zero-order valence-corrected chi connectivity index (χ0v) is 18.5. The molecule has 3 aromatic carbocycles. The molecule has 2 N–H and O–H groups in total. The predicted molar refractivity (Wildman–Crippen MR) is 119 cm³/mol. The Morgan fingerprint density at radius 3 is 2.24 bits per heavy atom. The van der Waals surface area contributed by atoms with Crippen molar-refractivity contribution < 1.29 is 31.1 Å². The molecule has 0 bridgehead atoms. The van der Waals surface area contributed by atoms with Gasteiger partial charge in [-0.05, 0) is 67.4 Å². The van der Waals surface area contributed by atoms with Crippen molar-refractivity contribution in [3.05, 3.63) is 83.4 Å². The van der Waals surface area contributed by atoms with Crippen LogP contribution in [-0.4, -0.2) is 27.1 Å². The minimum atomic E-state index is -4.53. The Morgan fingerprint density at radius 1 is 0.939 bits per heavy atom. The molecule has 0 saturated heterocycles. The second kappa shape index (κ2) is 9.53. The summed E-state index contributed by atoms with van der Waals surface area (Å²) in [7, 11) is -3.88. The Hall–Kier alpha value is -3.53. The average Bonchev–Trinajstić information content (AvgIpc) is 2.75. The summed E-state index contributed by atoms with van der Waals surface area (Å²) in [5, 5.41) is 2.50. The average molecular weight is 478 g/mol. The first-order chi connectivity index (χ1) is 15.4. The molecule has 3 aromatic rings. The SMILES string of the molecule is Cc1ccc(NC(=O)c2ccc(S(=O)(=O)Nc3ccccc3C)cc2)c(OCC(F)(F)F)c1. The Morgan fingerprint density at radius 2 is 1.61 bits per heavy atom. The van der Waals surface area contributed by atoms with Crippen molar-refractivity contribution in [1.82, 2.24) is 0 Å². The number of benzene rings is 3. The Labute approximate surface area is 189 Å². The fourth-order valence-electron chi connectivity index (χ4n) is 2.88. The third-order valence-corrected chi connectivity index (χ3v) is 5.97. The van der Waals surface area contributed by atoms with Crippen LogP contribution in [0, 0.1) is 13.8 Å². The monoisotopic (exact) mass is 478 g/mol. The van der Waals surface area contributed by atoms with Gasteiger partial charge in [-0.3, -0.25) is 9.52 Å². The van der Waals surface area contributed by atoms with Gasteiger partial charge >= 0.3 is 6.18 Å². The van der Waals surface area contributed by atoms with Crippen LogP contribution >= 0.6 is 0 Å². The number of para-hydroxylation sites is 1. The molecule has 6 nitrogen and oxygen atoms in total. The molecule has 33 heavy (non-hydrogen) atoms. The van der Waals surface area contributed by atoms with Crippen LogP contribution in [0.3, 0.4) is 0 Å². The van der Waals surface area contributed by atoms with Crippen LogP contribution < -0.4 is 14.8 Å². The summed E-state index contributed by atoms with van der Waals surface area (Å²) in [5.74, 6) is -0.756. The fraction of sp³-hybridized carbons (Fsp3) is 0.174. The molecule has 1 amide bonds. The van der Waals surface area contributed by atoms with E-state index in [4.69, 9.17) is 4.74 Å². The van der Waals surface area contributed by atoms with E-state index < -0.39 is 28.7 Å². The van der Waals surface area contributed by atoms with E-state index in [1.54, 1.807) is 44.2 Å². The van der Waals surface area contributed by atoms with Crippen LogP contribution in [0.2, 0.25) is 0 Å². The molecule has 0 aliphatic carbocycles. The standard InChI is InChI=1S/C23H21F3N2O4S/c1-15-7-12-20(21(13-15)32-14-23(24,25)26)27-22(29)17-8-10-18(11-9-17)33(30,31)28-19-6-4-3-5-16(19)2/h3-13,28H,14H2,1-2H3,(H,27,29). The molecule has 0 atom stereocenters. The first-order valence-electron chi connectivity index (χ1n) is 9.75. The summed E-state index contributed by atoms with van der Waals surface area (Å²) in [6.45, 7) is 1.94. The van der Waals surface area contributed by atoms with Gasteiger partial charge in [0.05, 0.1) is 16.3 Å². The van der Waals surface area contributed by atoms with E-state index in [0.29, 0.717) is 11.3 Å². The highest BCUT2D eigenvalue weighted by molar-refractivity contribution is 7.92. The lowest BCUT2D eigenvalue weighted by Gasteiger charge is -2.15. The third kappa shape index (κ3) is 6.48. The van der Waals surface area contributed by atoms with Gasteiger partial charge in [-0.1, -0.05) is 24.3 Å². The molecule has 3 rings (SSSR count). The zero-order chi connectivity index (χ0) is 24.2. The van der Waals surface area contributed by atoms with Gasteiger partial charge in [-0.2, -0.15) is 13.2 Å². The van der Waals surface area contributed by atoms with E-state index >= 15 is 0 Å². The van der Waals surface area contributed by atoms with Gasteiger partial charge in [-0.25, -0.2) is 8.42 Å². The number of halogens is 3. The van der Waals surface area contributed by atoms with Crippen molar-refractivity contribution >= 4 is 27.3 Å². The van der Waals surface area contributed by atoms with Gasteiger partial charge in [0.15, 0.2) is 6.61 Å². The first kappa shape index (κ1) is 24.1. The molecular formula is C23H21F3N2O4S. The van der Waals surface area contributed by atoms with E-state index in [9.17, 15) is 26.4 Å². The Kier molecular flexibility index (Phi) is 6.97. The van der Waals surface area contributed by atoms with E-state index in [2.05, 4.69) is 10.0 Å². The maximum atomic E-state index is 12.6. The van der Waals surface area contributed by atoms with Gasteiger partial charge in [0.25, 0.3) is 15.9 Å². The van der Waals surface area contributed by atoms with Gasteiger partial charge in [0, 0.05) is 5.56 Å². The number of ether oxygens (including phenoxy) is 1. The predicted octanol–water partition coefficient (Wildman–Crippen LogP) is 5.30. The molecule has 0 aromatic heterocycles. The minimum Gasteiger partial charge on any atom is -0.482 e. The molecule has 0 spiro atoms. The van der Waals surface area contributed by atoms with E-state index in [1.807, 2.05) is 0 Å². The molecule has 10 heteroatoms. The highest BCUT2D eigenvalue weighted by atomic mass is 32.2. The molecule has 0 aliphatic heterocycles. The lowest BCUT2D eigenvalue weighted by molar-refractivity contribution is -0.153. The summed E-state index contributed by atoms with van der Waals surface area (Å²) < 4.78 is 70.2. The van der Waals surface area contributed by atoms with Crippen molar-refractivity contribution in [3.8, 4) is 5.75 Å². The molecular weight excluding hydrogens is 457 g/mol. The quantitative estimate of drug-likeness (QED) is 0.483. The largest absolute Gasteiger partial charge is 0.482 e. The number of amides is 1. The van der Waals surface area contributed by atoms with Crippen molar-refractivity contribution in [2.24, 2.45) is 0 Å². The molecule has 0 heterocycles. The maximum absolute atomic E-state index is 12.6. The summed E-state index contributed by atoms with van der Waals surface area (Å²) in [6, 6.07) is 16.5. The van der Waals surface area contributed by atoms with Crippen LogP contribution in [0.1, 0.15) is 21.5 Å². The van der Waals surface area contributed by atoms with E-state index in [-0.39, 0.29) is 21.9 Å². The second-order valence-corrected chi connectivity index (χ2v) is 8.98. The van der Waals surface area contributed by atoms with Gasteiger partial charge in [0.1, 0.15) is 5.75 Å². The fourth-order valence-corrected chi connectivity index (χ4v) is 4.01. The van der Waals surface area contributed by atoms with Gasteiger partial charge < -0.3 is 10.1 Å². The molecule has 0 aliphatic rings. The minimum absolute atomic E-state index is 0.0492. The highest BCUT2D eigenvalue weighted by Gasteiger charge is 2.29. The normalized spacial score (nSPS) is 11.7. The first-order valence-corrected chi connectivity index (χ1v) is 11.2. The van der Waals surface area contributed by atoms with Crippen molar-refractivity contribution in [1.29, 1.82) is 0 Å². The summed E-state index contributed by atoms with van der Waals surface area (Å²) >= 11 is 0. The van der Waals surface area contributed by atoms with E-state index in [0.717, 1.165) is 5.56 Å². The number of anilines is 2. The van der Waals surface area contributed by atoms with E-state index in [1.165, 1.54) is 36.4 Å². The highest BCUT2D eigenvalue weighted by Crippen LogP contribution is 2.28. The number of carbonyl (C=O) groups excluding carboxylic acids is 1.